The van der Waals surface area contributed by atoms with Gasteiger partial charge in [-0.3, -0.25) is 10.1 Å². The van der Waals surface area contributed by atoms with E-state index in [2.05, 4.69) is 15.3 Å². The highest BCUT2D eigenvalue weighted by Gasteiger charge is 2.15. The summed E-state index contributed by atoms with van der Waals surface area (Å²) in [4.78, 5) is 18.9. The van der Waals surface area contributed by atoms with Gasteiger partial charge in [-0.05, 0) is 24.7 Å². The van der Waals surface area contributed by atoms with Gasteiger partial charge < -0.3 is 5.32 Å². The third-order valence-electron chi connectivity index (χ3n) is 3.60. The molecule has 1 fully saturated rings. The third-order valence-corrected chi connectivity index (χ3v) is 5.00. The van der Waals surface area contributed by atoms with Crippen molar-refractivity contribution in [2.45, 2.75) is 24.5 Å². The van der Waals surface area contributed by atoms with Crippen LogP contribution in [0.4, 0.5) is 11.5 Å². The molecule has 0 aliphatic carbocycles. The van der Waals surface area contributed by atoms with Crippen molar-refractivity contribution >= 4 is 34.2 Å². The van der Waals surface area contributed by atoms with Gasteiger partial charge in [0, 0.05) is 29.3 Å². The molecule has 1 aromatic carbocycles. The monoisotopic (exact) mass is 304 g/mol. The van der Waals surface area contributed by atoms with E-state index in [1.54, 1.807) is 6.07 Å². The van der Waals surface area contributed by atoms with Crippen molar-refractivity contribution in [1.82, 2.24) is 9.97 Å². The van der Waals surface area contributed by atoms with Crippen LogP contribution in [0.15, 0.2) is 24.5 Å². The van der Waals surface area contributed by atoms with Crippen LogP contribution in [0.2, 0.25) is 0 Å². The predicted molar refractivity (Wildman–Crippen MR) is 84.8 cm³/mol. The molecule has 1 saturated heterocycles. The van der Waals surface area contributed by atoms with Crippen molar-refractivity contribution in [2.75, 3.05) is 17.6 Å². The van der Waals surface area contributed by atoms with Gasteiger partial charge in [-0.1, -0.05) is 6.42 Å². The number of rotatable bonds is 4. The first-order valence-electron chi connectivity index (χ1n) is 6.98. The lowest BCUT2D eigenvalue weighted by Gasteiger charge is -2.21. The molecule has 1 atom stereocenters. The van der Waals surface area contributed by atoms with E-state index in [4.69, 9.17) is 0 Å². The summed E-state index contributed by atoms with van der Waals surface area (Å²) in [5.41, 5.74) is 0.779. The fourth-order valence-electron chi connectivity index (χ4n) is 2.48. The average molecular weight is 304 g/mol. The molecule has 0 bridgehead atoms. The molecule has 1 aromatic heterocycles. The van der Waals surface area contributed by atoms with Crippen LogP contribution in [-0.2, 0) is 0 Å². The van der Waals surface area contributed by atoms with Crippen molar-refractivity contribution in [3.8, 4) is 0 Å². The lowest BCUT2D eigenvalue weighted by molar-refractivity contribution is -0.384. The van der Waals surface area contributed by atoms with Crippen LogP contribution < -0.4 is 5.32 Å². The molecule has 0 amide bonds. The van der Waals surface area contributed by atoms with Crippen LogP contribution in [0.5, 0.6) is 0 Å². The van der Waals surface area contributed by atoms with Crippen molar-refractivity contribution in [3.63, 3.8) is 0 Å². The molecule has 0 radical (unpaired) electrons. The number of thioether (sulfide) groups is 1. The summed E-state index contributed by atoms with van der Waals surface area (Å²) in [6.07, 6.45) is 5.27. The summed E-state index contributed by atoms with van der Waals surface area (Å²) in [7, 11) is 0. The van der Waals surface area contributed by atoms with Crippen LogP contribution >= 0.6 is 11.8 Å². The van der Waals surface area contributed by atoms with E-state index >= 15 is 0 Å². The van der Waals surface area contributed by atoms with Gasteiger partial charge in [-0.2, -0.15) is 11.8 Å². The second kappa shape index (κ2) is 6.26. The number of non-ortho nitro benzene ring substituents is 1. The third kappa shape index (κ3) is 3.24. The van der Waals surface area contributed by atoms with Gasteiger partial charge in [-0.25, -0.2) is 9.97 Å². The average Bonchev–Trinajstić information content (AvgIpc) is 2.53. The largest absolute Gasteiger partial charge is 0.368 e. The van der Waals surface area contributed by atoms with Crippen molar-refractivity contribution < 1.29 is 4.92 Å². The molecular formula is C14H16N4O2S. The van der Waals surface area contributed by atoms with E-state index < -0.39 is 4.92 Å². The molecular weight excluding hydrogens is 288 g/mol. The van der Waals surface area contributed by atoms with Crippen LogP contribution in [0, 0.1) is 10.1 Å². The standard InChI is InChI=1S/C14H16N4O2S/c19-18(20)10-4-5-13-12(7-10)14(17-9-16-13)15-8-11-3-1-2-6-21-11/h4-5,7,9,11H,1-3,6,8H2,(H,15,16,17). The van der Waals surface area contributed by atoms with Gasteiger partial charge in [0.1, 0.15) is 12.1 Å². The number of nitro groups is 1. The Bertz CT molecular complexity index is 658. The van der Waals surface area contributed by atoms with E-state index in [-0.39, 0.29) is 5.69 Å². The Morgan fingerprint density at radius 3 is 3.05 bits per heavy atom. The first-order chi connectivity index (χ1) is 10.2. The van der Waals surface area contributed by atoms with Gasteiger partial charge in [0.05, 0.1) is 10.4 Å². The first kappa shape index (κ1) is 14.1. The summed E-state index contributed by atoms with van der Waals surface area (Å²) in [6.45, 7) is 0.833. The van der Waals surface area contributed by atoms with Crippen LogP contribution in [0.25, 0.3) is 10.9 Å². The van der Waals surface area contributed by atoms with Gasteiger partial charge in [-0.15, -0.1) is 0 Å². The topological polar surface area (TPSA) is 81.0 Å². The maximum absolute atomic E-state index is 10.9. The summed E-state index contributed by atoms with van der Waals surface area (Å²) < 4.78 is 0. The Morgan fingerprint density at radius 2 is 2.29 bits per heavy atom. The Balaban J connectivity index is 1.83. The number of benzene rings is 1. The number of nitrogens with zero attached hydrogens (tertiary/aromatic N) is 3. The minimum absolute atomic E-state index is 0.0624. The second-order valence-electron chi connectivity index (χ2n) is 5.05. The number of aromatic nitrogens is 2. The maximum atomic E-state index is 10.9. The minimum Gasteiger partial charge on any atom is -0.368 e. The normalized spacial score (nSPS) is 18.6. The molecule has 2 heterocycles. The van der Waals surface area contributed by atoms with Gasteiger partial charge in [0.25, 0.3) is 5.69 Å². The summed E-state index contributed by atoms with van der Waals surface area (Å²) in [6, 6.07) is 4.66. The highest BCUT2D eigenvalue weighted by Crippen LogP contribution is 2.27. The number of hydrogen-bond donors (Lipinski definition) is 1. The Labute approximate surface area is 126 Å². The van der Waals surface area contributed by atoms with Crippen molar-refractivity contribution in [2.24, 2.45) is 0 Å². The summed E-state index contributed by atoms with van der Waals surface area (Å²) in [5, 5.41) is 15.5. The quantitative estimate of drug-likeness (QED) is 0.690. The SMILES string of the molecule is O=[N+]([O-])c1ccc2ncnc(NCC3CCCCS3)c2c1. The van der Waals surface area contributed by atoms with E-state index in [1.807, 2.05) is 11.8 Å². The highest BCUT2D eigenvalue weighted by molar-refractivity contribution is 7.99. The number of hydrogen-bond acceptors (Lipinski definition) is 6. The lowest BCUT2D eigenvalue weighted by Crippen LogP contribution is -2.20. The summed E-state index contributed by atoms with van der Waals surface area (Å²) >= 11 is 1.98. The number of anilines is 1. The number of nitrogens with one attached hydrogen (secondary N) is 1. The zero-order valence-electron chi connectivity index (χ0n) is 11.5. The molecule has 7 heteroatoms. The van der Waals surface area contributed by atoms with Gasteiger partial charge in [0.2, 0.25) is 0 Å². The molecule has 21 heavy (non-hydrogen) atoms. The zero-order valence-corrected chi connectivity index (χ0v) is 12.3. The first-order valence-corrected chi connectivity index (χ1v) is 8.03. The van der Waals surface area contributed by atoms with Crippen molar-refractivity contribution in [1.29, 1.82) is 0 Å². The molecule has 110 valence electrons. The highest BCUT2D eigenvalue weighted by atomic mass is 32.2. The van der Waals surface area contributed by atoms with E-state index in [9.17, 15) is 10.1 Å². The van der Waals surface area contributed by atoms with E-state index in [0.29, 0.717) is 16.5 Å². The second-order valence-corrected chi connectivity index (χ2v) is 6.46. The Kier molecular flexibility index (Phi) is 4.19. The lowest BCUT2D eigenvalue weighted by atomic mass is 10.2. The van der Waals surface area contributed by atoms with Crippen LogP contribution in [0.3, 0.4) is 0 Å². The van der Waals surface area contributed by atoms with Crippen LogP contribution in [-0.4, -0.2) is 32.4 Å². The Hall–Kier alpha value is -1.89. The smallest absolute Gasteiger partial charge is 0.270 e. The number of nitro benzene ring substituents is 1. The number of fused-ring (bicyclic) bond motifs is 1. The fraction of sp³-hybridized carbons (Fsp3) is 0.429. The summed E-state index contributed by atoms with van der Waals surface area (Å²) in [5.74, 6) is 1.89. The van der Waals surface area contributed by atoms with Crippen LogP contribution in [0.1, 0.15) is 19.3 Å². The Morgan fingerprint density at radius 1 is 1.38 bits per heavy atom. The molecule has 1 unspecified atom stereocenters. The molecule has 0 saturated carbocycles. The minimum atomic E-state index is -0.396. The molecule has 0 spiro atoms. The zero-order chi connectivity index (χ0) is 14.7. The molecule has 1 aliphatic rings. The maximum Gasteiger partial charge on any atom is 0.270 e. The fourth-order valence-corrected chi connectivity index (χ4v) is 3.72. The molecule has 6 nitrogen and oxygen atoms in total. The van der Waals surface area contributed by atoms with E-state index in [0.717, 1.165) is 12.1 Å². The predicted octanol–water partition coefficient (Wildman–Crippen LogP) is 3.24. The van der Waals surface area contributed by atoms with E-state index in [1.165, 1.54) is 43.5 Å². The molecule has 1 aliphatic heterocycles. The van der Waals surface area contributed by atoms with Gasteiger partial charge >= 0.3 is 0 Å². The van der Waals surface area contributed by atoms with Crippen molar-refractivity contribution in [3.05, 3.63) is 34.6 Å². The molecule has 3 rings (SSSR count). The van der Waals surface area contributed by atoms with Gasteiger partial charge in [0.15, 0.2) is 0 Å². The molecule has 1 N–H and O–H groups in total. The molecule has 2 aromatic rings.